The number of nitrogens with zero attached hydrogens (tertiary/aromatic N) is 1. The highest BCUT2D eigenvalue weighted by Gasteiger charge is 2.31. The molecule has 1 amide bonds. The van der Waals surface area contributed by atoms with Gasteiger partial charge in [-0.2, -0.15) is 0 Å². The Bertz CT molecular complexity index is 773. The number of nitrogens with one attached hydrogen (secondary N) is 1. The topological polar surface area (TPSA) is 52.6 Å². The molecule has 2 aromatic carbocycles. The van der Waals surface area contributed by atoms with Crippen LogP contribution in [0.2, 0.25) is 6.55 Å². The zero-order chi connectivity index (χ0) is 19.9. The lowest BCUT2D eigenvalue weighted by molar-refractivity contribution is -0.116. The quantitative estimate of drug-likeness (QED) is 0.545. The van der Waals surface area contributed by atoms with Gasteiger partial charge in [-0.15, -0.1) is 0 Å². The number of rotatable bonds is 8. The number of phenolic OH excluding ortho intramolecular Hbond substituents is 1. The molecule has 0 unspecified atom stereocenters. The highest BCUT2D eigenvalue weighted by atomic mass is 28.2. The Morgan fingerprint density at radius 2 is 1.78 bits per heavy atom. The fourth-order valence-corrected chi connectivity index (χ4v) is 4.77. The normalized spacial score (nSPS) is 14.5. The number of hydrogen-bond donors (Lipinski definition) is 2. The second kappa shape index (κ2) is 9.53. The lowest BCUT2D eigenvalue weighted by atomic mass is 10.0. The van der Waals surface area contributed by atoms with E-state index in [0.717, 1.165) is 17.6 Å². The van der Waals surface area contributed by atoms with Crippen LogP contribution in [0.1, 0.15) is 18.1 Å². The molecule has 0 aliphatic carbocycles. The van der Waals surface area contributed by atoms with Crippen molar-refractivity contribution in [1.29, 1.82) is 0 Å². The largest absolute Gasteiger partial charge is 0.508 e. The van der Waals surface area contributed by atoms with Gasteiger partial charge in [0, 0.05) is 27.3 Å². The highest BCUT2D eigenvalue weighted by molar-refractivity contribution is 6.38. The van der Waals surface area contributed by atoms with E-state index in [1.165, 1.54) is 5.56 Å². The van der Waals surface area contributed by atoms with Gasteiger partial charge in [-0.1, -0.05) is 49.0 Å². The molecule has 2 rings (SSSR count). The van der Waals surface area contributed by atoms with Gasteiger partial charge in [0.15, 0.2) is 0 Å². The number of aromatic hydroxyl groups is 1. The summed E-state index contributed by atoms with van der Waals surface area (Å²) in [6, 6.07) is 17.3. The summed E-state index contributed by atoms with van der Waals surface area (Å²) in [5, 5.41) is 12.6. The standard InChI is InChI=1S/C22H30N2O2Si/c1-17(19-8-6-5-7-9-19)14-21(26)23-16-22(27-4,24(2)3)15-18-10-12-20(25)13-11-18/h5-14,25H,15-16,27H2,1-4H3,(H,23,26)/b17-14+/t22-/m0/s1. The van der Waals surface area contributed by atoms with Crippen LogP contribution in [0.3, 0.4) is 0 Å². The Morgan fingerprint density at radius 1 is 1.15 bits per heavy atom. The van der Waals surface area contributed by atoms with Crippen LogP contribution in [0.25, 0.3) is 5.57 Å². The predicted molar refractivity (Wildman–Crippen MR) is 116 cm³/mol. The van der Waals surface area contributed by atoms with Gasteiger partial charge in [0.2, 0.25) is 5.91 Å². The zero-order valence-electron chi connectivity index (χ0n) is 16.7. The third-order valence-corrected chi connectivity index (χ3v) is 7.69. The number of benzene rings is 2. The SMILES string of the molecule is C[SiH2][C@](CNC(=O)/C=C(\C)c1ccccc1)(Cc1ccc(O)cc1)N(C)C. The van der Waals surface area contributed by atoms with E-state index < -0.39 is 9.52 Å². The molecule has 0 aliphatic heterocycles. The van der Waals surface area contributed by atoms with Crippen molar-refractivity contribution in [3.63, 3.8) is 0 Å². The van der Waals surface area contributed by atoms with Gasteiger partial charge in [-0.3, -0.25) is 4.79 Å². The summed E-state index contributed by atoms with van der Waals surface area (Å²) < 4.78 is 0. The van der Waals surface area contributed by atoms with E-state index in [0.29, 0.717) is 6.54 Å². The molecule has 4 nitrogen and oxygen atoms in total. The zero-order valence-corrected chi connectivity index (χ0v) is 18.1. The van der Waals surface area contributed by atoms with Crippen molar-refractivity contribution in [1.82, 2.24) is 10.2 Å². The molecule has 0 aromatic heterocycles. The molecule has 0 radical (unpaired) electrons. The van der Waals surface area contributed by atoms with Crippen LogP contribution < -0.4 is 5.32 Å². The number of allylic oxidation sites excluding steroid dienone is 1. The Balaban J connectivity index is 2.09. The van der Waals surface area contributed by atoms with E-state index in [4.69, 9.17) is 0 Å². The molecule has 0 aliphatic rings. The maximum Gasteiger partial charge on any atom is 0.244 e. The number of likely N-dealkylation sites (N-methyl/N-ethyl adjacent to an activating group) is 1. The molecule has 1 atom stereocenters. The van der Waals surface area contributed by atoms with E-state index in [1.807, 2.05) is 49.4 Å². The maximum absolute atomic E-state index is 12.5. The fraction of sp³-hybridized carbons (Fsp3) is 0.318. The highest BCUT2D eigenvalue weighted by Crippen LogP contribution is 2.20. The van der Waals surface area contributed by atoms with Crippen LogP contribution in [0.4, 0.5) is 0 Å². The number of amides is 1. The van der Waals surface area contributed by atoms with Crippen LogP contribution in [0, 0.1) is 0 Å². The monoisotopic (exact) mass is 382 g/mol. The smallest absolute Gasteiger partial charge is 0.244 e. The molecule has 0 heterocycles. The first-order valence-electron chi connectivity index (χ1n) is 9.33. The van der Waals surface area contributed by atoms with Crippen molar-refractivity contribution >= 4 is 21.0 Å². The third-order valence-electron chi connectivity index (χ3n) is 5.24. The number of phenols is 1. The van der Waals surface area contributed by atoms with Crippen LogP contribution >= 0.6 is 0 Å². The van der Waals surface area contributed by atoms with Gasteiger partial charge in [0.25, 0.3) is 0 Å². The maximum atomic E-state index is 12.5. The minimum Gasteiger partial charge on any atom is -0.508 e. The van der Waals surface area contributed by atoms with E-state index in [2.05, 4.69) is 30.9 Å². The Labute approximate surface area is 164 Å². The summed E-state index contributed by atoms with van der Waals surface area (Å²) in [6.45, 7) is 4.84. The summed E-state index contributed by atoms with van der Waals surface area (Å²) >= 11 is 0. The minimum absolute atomic E-state index is 0.0544. The Kier molecular flexibility index (Phi) is 7.39. The number of carbonyl (C=O) groups excluding carboxylic acids is 1. The molecule has 5 heteroatoms. The molecule has 0 spiro atoms. The van der Waals surface area contributed by atoms with E-state index in [9.17, 15) is 9.90 Å². The van der Waals surface area contributed by atoms with Gasteiger partial charge >= 0.3 is 0 Å². The first-order valence-corrected chi connectivity index (χ1v) is 11.5. The Morgan fingerprint density at radius 3 is 2.33 bits per heavy atom. The minimum atomic E-state index is -0.473. The van der Waals surface area contributed by atoms with E-state index >= 15 is 0 Å². The average molecular weight is 383 g/mol. The second-order valence-electron chi connectivity index (χ2n) is 7.23. The first-order chi connectivity index (χ1) is 12.9. The fourth-order valence-electron chi connectivity index (χ4n) is 3.22. The summed E-state index contributed by atoms with van der Waals surface area (Å²) in [7, 11) is 3.68. The molecule has 2 aromatic rings. The van der Waals surface area contributed by atoms with Gasteiger partial charge in [0.1, 0.15) is 5.75 Å². The Hall–Kier alpha value is -2.37. The van der Waals surface area contributed by atoms with Crippen LogP contribution in [0.15, 0.2) is 60.7 Å². The van der Waals surface area contributed by atoms with Crippen molar-refractivity contribution < 1.29 is 9.90 Å². The van der Waals surface area contributed by atoms with E-state index in [1.54, 1.807) is 18.2 Å². The van der Waals surface area contributed by atoms with Crippen molar-refractivity contribution in [3.05, 3.63) is 71.8 Å². The first kappa shape index (κ1) is 20.9. The van der Waals surface area contributed by atoms with Crippen molar-refractivity contribution in [2.75, 3.05) is 20.6 Å². The molecule has 0 saturated carbocycles. The molecule has 0 bridgehead atoms. The molecule has 0 saturated heterocycles. The van der Waals surface area contributed by atoms with Crippen molar-refractivity contribution in [2.45, 2.75) is 25.1 Å². The lowest BCUT2D eigenvalue weighted by Gasteiger charge is -2.39. The van der Waals surface area contributed by atoms with Gasteiger partial charge < -0.3 is 15.3 Å². The van der Waals surface area contributed by atoms with Gasteiger partial charge in [-0.25, -0.2) is 0 Å². The molecular formula is C22H30N2O2Si. The summed E-state index contributed by atoms with van der Waals surface area (Å²) in [6.07, 6.45) is 2.53. The van der Waals surface area contributed by atoms with Gasteiger partial charge in [-0.05, 0) is 56.3 Å². The molecule has 144 valence electrons. The second-order valence-corrected chi connectivity index (χ2v) is 9.25. The summed E-state index contributed by atoms with van der Waals surface area (Å²) in [4.78, 5) is 14.7. The average Bonchev–Trinajstić information content (AvgIpc) is 2.67. The number of hydrogen-bond acceptors (Lipinski definition) is 3. The van der Waals surface area contributed by atoms with Crippen LogP contribution in [0.5, 0.6) is 5.75 Å². The van der Waals surface area contributed by atoms with Crippen molar-refractivity contribution in [3.8, 4) is 5.75 Å². The van der Waals surface area contributed by atoms with Crippen molar-refractivity contribution in [2.24, 2.45) is 0 Å². The van der Waals surface area contributed by atoms with E-state index in [-0.39, 0.29) is 16.8 Å². The molecule has 0 fully saturated rings. The molecule has 27 heavy (non-hydrogen) atoms. The van der Waals surface area contributed by atoms with Crippen LogP contribution in [-0.4, -0.2) is 51.2 Å². The summed E-state index contributed by atoms with van der Waals surface area (Å²) in [5.74, 6) is 0.216. The third kappa shape index (κ3) is 5.81. The summed E-state index contributed by atoms with van der Waals surface area (Å²) in [5.41, 5.74) is 3.18. The lowest BCUT2D eigenvalue weighted by Crippen LogP contribution is -2.57. The molecular weight excluding hydrogens is 352 g/mol. The van der Waals surface area contributed by atoms with Gasteiger partial charge in [0.05, 0.1) is 0 Å². The predicted octanol–water partition coefficient (Wildman–Crippen LogP) is 2.63. The van der Waals surface area contributed by atoms with Crippen LogP contribution in [-0.2, 0) is 11.2 Å². The number of carbonyl (C=O) groups is 1. The molecule has 2 N–H and O–H groups in total.